The second-order valence-corrected chi connectivity index (χ2v) is 5.20. The SMILES string of the molecule is Cc1nnc(C(F)(F)F)n1C1CC2CCC(C1)N2. The third kappa shape index (κ3) is 1.90. The molecule has 2 saturated heterocycles. The smallest absolute Gasteiger partial charge is 0.311 e. The Kier molecular flexibility index (Phi) is 2.62. The van der Waals surface area contributed by atoms with Gasteiger partial charge in [-0.3, -0.25) is 0 Å². The predicted octanol–water partition coefficient (Wildman–Crippen LogP) is 2.06. The van der Waals surface area contributed by atoms with Crippen molar-refractivity contribution in [3.63, 3.8) is 0 Å². The average Bonchev–Trinajstić information content (AvgIpc) is 2.81. The Morgan fingerprint density at radius 3 is 2.33 bits per heavy atom. The van der Waals surface area contributed by atoms with Crippen LogP contribution in [0, 0.1) is 6.92 Å². The first-order valence-electron chi connectivity index (χ1n) is 6.20. The zero-order chi connectivity index (χ0) is 12.9. The van der Waals surface area contributed by atoms with Crippen molar-refractivity contribution >= 4 is 0 Å². The standard InChI is InChI=1S/C11H15F3N4/c1-6-16-17-10(11(12,13)14)18(6)9-4-7-2-3-8(5-9)15-7/h7-9,15H,2-5H2,1H3. The third-order valence-electron chi connectivity index (χ3n) is 3.93. The Morgan fingerprint density at radius 2 is 1.78 bits per heavy atom. The van der Waals surface area contributed by atoms with Crippen LogP contribution in [-0.2, 0) is 6.18 Å². The average molecular weight is 260 g/mol. The number of hydrogen-bond acceptors (Lipinski definition) is 3. The molecular formula is C11H15F3N4. The number of nitrogens with zero attached hydrogens (tertiary/aromatic N) is 3. The summed E-state index contributed by atoms with van der Waals surface area (Å²) in [6.07, 6.45) is -0.838. The maximum Gasteiger partial charge on any atom is 0.451 e. The molecule has 1 aromatic rings. The molecule has 7 heteroatoms. The minimum absolute atomic E-state index is 0.129. The van der Waals surface area contributed by atoms with E-state index in [1.165, 1.54) is 4.57 Å². The molecule has 2 bridgehead atoms. The predicted molar refractivity (Wildman–Crippen MR) is 58.0 cm³/mol. The van der Waals surface area contributed by atoms with E-state index in [2.05, 4.69) is 15.5 Å². The molecule has 0 spiro atoms. The molecule has 0 aromatic carbocycles. The van der Waals surface area contributed by atoms with Gasteiger partial charge in [0.25, 0.3) is 0 Å². The van der Waals surface area contributed by atoms with Gasteiger partial charge in [0, 0.05) is 18.1 Å². The Morgan fingerprint density at radius 1 is 1.17 bits per heavy atom. The molecule has 0 amide bonds. The van der Waals surface area contributed by atoms with Crippen LogP contribution in [0.2, 0.25) is 0 Å². The van der Waals surface area contributed by atoms with Crippen molar-refractivity contribution in [1.82, 2.24) is 20.1 Å². The van der Waals surface area contributed by atoms with E-state index in [1.807, 2.05) is 0 Å². The Bertz CT molecular complexity index is 442. The van der Waals surface area contributed by atoms with Crippen LogP contribution in [0.3, 0.4) is 0 Å². The van der Waals surface area contributed by atoms with Crippen LogP contribution in [-0.4, -0.2) is 26.8 Å². The van der Waals surface area contributed by atoms with Gasteiger partial charge in [0.1, 0.15) is 5.82 Å². The number of fused-ring (bicyclic) bond motifs is 2. The van der Waals surface area contributed by atoms with Crippen molar-refractivity contribution in [3.05, 3.63) is 11.6 Å². The topological polar surface area (TPSA) is 42.7 Å². The zero-order valence-corrected chi connectivity index (χ0v) is 10.0. The van der Waals surface area contributed by atoms with E-state index in [0.29, 0.717) is 17.9 Å². The van der Waals surface area contributed by atoms with Gasteiger partial charge in [0.15, 0.2) is 0 Å². The Balaban J connectivity index is 1.94. The summed E-state index contributed by atoms with van der Waals surface area (Å²) >= 11 is 0. The molecule has 3 rings (SSSR count). The first kappa shape index (κ1) is 12.0. The zero-order valence-electron chi connectivity index (χ0n) is 10.0. The van der Waals surface area contributed by atoms with E-state index in [0.717, 1.165) is 25.7 Å². The van der Waals surface area contributed by atoms with Gasteiger partial charge in [-0.2, -0.15) is 13.2 Å². The summed E-state index contributed by atoms with van der Waals surface area (Å²) in [6, 6.07) is 0.559. The molecule has 0 radical (unpaired) electrons. The molecule has 2 atom stereocenters. The van der Waals surface area contributed by atoms with E-state index in [1.54, 1.807) is 6.92 Å². The summed E-state index contributed by atoms with van der Waals surface area (Å²) in [5.74, 6) is -0.500. The van der Waals surface area contributed by atoms with E-state index in [9.17, 15) is 13.2 Å². The van der Waals surface area contributed by atoms with Gasteiger partial charge in [-0.1, -0.05) is 0 Å². The largest absolute Gasteiger partial charge is 0.451 e. The van der Waals surface area contributed by atoms with Gasteiger partial charge in [-0.05, 0) is 32.6 Å². The molecule has 4 nitrogen and oxygen atoms in total. The second kappa shape index (κ2) is 3.94. The van der Waals surface area contributed by atoms with Crippen LogP contribution in [0.1, 0.15) is 43.4 Å². The van der Waals surface area contributed by atoms with Crippen LogP contribution >= 0.6 is 0 Å². The number of piperidine rings is 1. The van der Waals surface area contributed by atoms with Gasteiger partial charge in [0.2, 0.25) is 5.82 Å². The molecule has 2 unspecified atom stereocenters. The lowest BCUT2D eigenvalue weighted by molar-refractivity contribution is -0.148. The van der Waals surface area contributed by atoms with Gasteiger partial charge in [-0.15, -0.1) is 10.2 Å². The molecule has 2 fully saturated rings. The molecule has 2 aliphatic heterocycles. The van der Waals surface area contributed by atoms with Gasteiger partial charge >= 0.3 is 6.18 Å². The van der Waals surface area contributed by atoms with E-state index in [4.69, 9.17) is 0 Å². The van der Waals surface area contributed by atoms with E-state index >= 15 is 0 Å². The van der Waals surface area contributed by atoms with Crippen molar-refractivity contribution in [3.8, 4) is 0 Å². The van der Waals surface area contributed by atoms with E-state index < -0.39 is 12.0 Å². The number of aryl methyl sites for hydroxylation is 1. The van der Waals surface area contributed by atoms with E-state index in [-0.39, 0.29) is 6.04 Å². The quantitative estimate of drug-likeness (QED) is 0.840. The number of halogens is 3. The number of rotatable bonds is 1. The highest BCUT2D eigenvalue weighted by Gasteiger charge is 2.42. The molecular weight excluding hydrogens is 245 g/mol. The van der Waals surface area contributed by atoms with Crippen molar-refractivity contribution in [2.24, 2.45) is 0 Å². The van der Waals surface area contributed by atoms with Gasteiger partial charge in [0.05, 0.1) is 0 Å². The molecule has 0 aliphatic carbocycles. The maximum atomic E-state index is 12.9. The summed E-state index contributed by atoms with van der Waals surface area (Å²) in [4.78, 5) is 0. The molecule has 3 heterocycles. The molecule has 2 aliphatic rings. The highest BCUT2D eigenvalue weighted by Crippen LogP contribution is 2.38. The summed E-state index contributed by atoms with van der Waals surface area (Å²) in [5, 5.41) is 10.3. The van der Waals surface area contributed by atoms with Crippen LogP contribution in [0.5, 0.6) is 0 Å². The molecule has 100 valence electrons. The van der Waals surface area contributed by atoms with Crippen molar-refractivity contribution < 1.29 is 13.2 Å². The minimum atomic E-state index is -4.43. The van der Waals surface area contributed by atoms with Crippen LogP contribution in [0.25, 0.3) is 0 Å². The Hall–Kier alpha value is -1.11. The fourth-order valence-corrected chi connectivity index (χ4v) is 3.24. The first-order valence-corrected chi connectivity index (χ1v) is 6.20. The number of aromatic nitrogens is 3. The highest BCUT2D eigenvalue weighted by molar-refractivity contribution is 5.05. The fourth-order valence-electron chi connectivity index (χ4n) is 3.24. The lowest BCUT2D eigenvalue weighted by Gasteiger charge is -2.31. The molecule has 18 heavy (non-hydrogen) atoms. The van der Waals surface area contributed by atoms with Crippen molar-refractivity contribution in [2.45, 2.75) is 56.9 Å². The first-order chi connectivity index (χ1) is 8.45. The second-order valence-electron chi connectivity index (χ2n) is 5.20. The van der Waals surface area contributed by atoms with Crippen molar-refractivity contribution in [1.29, 1.82) is 0 Å². The normalized spacial score (nSPS) is 31.9. The lowest BCUT2D eigenvalue weighted by atomic mass is 9.99. The van der Waals surface area contributed by atoms with Gasteiger partial charge in [-0.25, -0.2) is 0 Å². The molecule has 1 aromatic heterocycles. The van der Waals surface area contributed by atoms with Crippen LogP contribution in [0.4, 0.5) is 13.2 Å². The summed E-state index contributed by atoms with van der Waals surface area (Å²) in [5.41, 5.74) is 0. The van der Waals surface area contributed by atoms with Crippen LogP contribution < -0.4 is 5.32 Å². The highest BCUT2D eigenvalue weighted by atomic mass is 19.4. The van der Waals surface area contributed by atoms with Crippen LogP contribution in [0.15, 0.2) is 0 Å². The van der Waals surface area contributed by atoms with Crippen molar-refractivity contribution in [2.75, 3.05) is 0 Å². The monoisotopic (exact) mass is 260 g/mol. The molecule has 1 N–H and O–H groups in total. The summed E-state index contributed by atoms with van der Waals surface area (Å²) in [7, 11) is 0. The lowest BCUT2D eigenvalue weighted by Crippen LogP contribution is -2.39. The summed E-state index contributed by atoms with van der Waals surface area (Å²) in [6.45, 7) is 1.59. The number of alkyl halides is 3. The summed E-state index contributed by atoms with van der Waals surface area (Å²) < 4.78 is 39.9. The Labute approximate surface area is 103 Å². The third-order valence-corrected chi connectivity index (χ3v) is 3.93. The molecule has 0 saturated carbocycles. The number of nitrogens with one attached hydrogen (secondary N) is 1. The maximum absolute atomic E-state index is 12.9. The van der Waals surface area contributed by atoms with Gasteiger partial charge < -0.3 is 9.88 Å². The number of hydrogen-bond donors (Lipinski definition) is 1. The minimum Gasteiger partial charge on any atom is -0.311 e. The fraction of sp³-hybridized carbons (Fsp3) is 0.818.